The van der Waals surface area contributed by atoms with Crippen LogP contribution in [0.15, 0.2) is 41.2 Å². The number of pyridine rings is 1. The highest BCUT2D eigenvalue weighted by Crippen LogP contribution is 2.12. The first-order chi connectivity index (χ1) is 9.95. The van der Waals surface area contributed by atoms with E-state index in [4.69, 9.17) is 0 Å². The zero-order valence-corrected chi connectivity index (χ0v) is 12.4. The van der Waals surface area contributed by atoms with Crippen LogP contribution in [0.4, 0.5) is 5.69 Å². The Morgan fingerprint density at radius 1 is 1.24 bits per heavy atom. The number of nitrogens with one attached hydrogen (secondary N) is 2. The molecule has 1 heterocycles. The maximum Gasteiger partial charge on any atom is 0.261 e. The molecular formula is C16H19N3O2. The van der Waals surface area contributed by atoms with Gasteiger partial charge in [-0.2, -0.15) is 0 Å². The number of anilines is 1. The summed E-state index contributed by atoms with van der Waals surface area (Å²) in [4.78, 5) is 28.6. The minimum Gasteiger partial charge on any atom is -0.326 e. The lowest BCUT2D eigenvalue weighted by Gasteiger charge is -2.11. The first-order valence-corrected chi connectivity index (χ1v) is 6.70. The van der Waals surface area contributed by atoms with Crippen molar-refractivity contribution in [2.24, 2.45) is 0 Å². The Hall–Kier alpha value is -2.40. The van der Waals surface area contributed by atoms with Gasteiger partial charge in [0.05, 0.1) is 0 Å². The average Bonchev–Trinajstić information content (AvgIpc) is 2.37. The van der Waals surface area contributed by atoms with Gasteiger partial charge in [-0.1, -0.05) is 12.1 Å². The number of rotatable bonds is 4. The zero-order chi connectivity index (χ0) is 15.4. The van der Waals surface area contributed by atoms with Crippen LogP contribution in [0.25, 0.3) is 0 Å². The number of benzene rings is 1. The number of hydrogen-bond acceptors (Lipinski definition) is 3. The molecule has 0 bridgehead atoms. The average molecular weight is 285 g/mol. The highest BCUT2D eigenvalue weighted by Gasteiger charge is 2.10. The lowest BCUT2D eigenvalue weighted by Crippen LogP contribution is -2.23. The summed E-state index contributed by atoms with van der Waals surface area (Å²) >= 11 is 0. The van der Waals surface area contributed by atoms with Gasteiger partial charge in [0.2, 0.25) is 0 Å². The molecule has 0 spiro atoms. The molecule has 1 amide bonds. The molecule has 2 rings (SSSR count). The maximum atomic E-state index is 12.1. The summed E-state index contributed by atoms with van der Waals surface area (Å²) in [6.45, 7) is 2.56. The second-order valence-electron chi connectivity index (χ2n) is 5.28. The van der Waals surface area contributed by atoms with Crippen molar-refractivity contribution < 1.29 is 4.79 Å². The maximum absolute atomic E-state index is 12.1. The molecule has 1 aromatic heterocycles. The summed E-state index contributed by atoms with van der Waals surface area (Å²) in [5.41, 5.74) is 2.23. The van der Waals surface area contributed by atoms with Crippen LogP contribution in [0.1, 0.15) is 21.6 Å². The Morgan fingerprint density at radius 3 is 2.67 bits per heavy atom. The predicted octanol–water partition coefficient (Wildman–Crippen LogP) is 2.00. The molecule has 0 unspecified atom stereocenters. The van der Waals surface area contributed by atoms with Gasteiger partial charge in [-0.05, 0) is 50.8 Å². The third-order valence-corrected chi connectivity index (χ3v) is 2.98. The number of carbonyl (C=O) groups excluding carboxylic acids is 1. The molecule has 0 saturated carbocycles. The number of aryl methyl sites for hydroxylation is 1. The van der Waals surface area contributed by atoms with Crippen LogP contribution >= 0.6 is 0 Å². The normalized spacial score (nSPS) is 10.7. The van der Waals surface area contributed by atoms with E-state index in [0.717, 1.165) is 17.8 Å². The highest BCUT2D eigenvalue weighted by molar-refractivity contribution is 6.04. The van der Waals surface area contributed by atoms with Crippen molar-refractivity contribution in [2.45, 2.75) is 13.5 Å². The summed E-state index contributed by atoms with van der Waals surface area (Å²) in [5.74, 6) is -0.404. The standard InChI is InChI=1S/C16H19N3O2/c1-11-7-8-14(15(20)17-11)16(21)18-13-6-4-5-12(9-13)10-19(2)3/h4-9H,10H2,1-3H3,(H,17,20)(H,18,21). The van der Waals surface area contributed by atoms with Gasteiger partial charge in [0, 0.05) is 17.9 Å². The van der Waals surface area contributed by atoms with Crippen molar-refractivity contribution >= 4 is 11.6 Å². The van der Waals surface area contributed by atoms with Gasteiger partial charge in [-0.25, -0.2) is 0 Å². The zero-order valence-electron chi connectivity index (χ0n) is 12.4. The number of H-pyrrole nitrogens is 1. The Labute approximate surface area is 123 Å². The Kier molecular flexibility index (Phi) is 4.55. The summed E-state index contributed by atoms with van der Waals surface area (Å²) in [5, 5.41) is 2.75. The molecule has 2 aromatic rings. The fourth-order valence-electron chi connectivity index (χ4n) is 2.06. The molecule has 2 N–H and O–H groups in total. The molecule has 0 aliphatic heterocycles. The van der Waals surface area contributed by atoms with Crippen molar-refractivity contribution in [3.8, 4) is 0 Å². The second-order valence-corrected chi connectivity index (χ2v) is 5.28. The van der Waals surface area contributed by atoms with E-state index >= 15 is 0 Å². The molecule has 0 aliphatic rings. The van der Waals surface area contributed by atoms with E-state index in [9.17, 15) is 9.59 Å². The van der Waals surface area contributed by atoms with E-state index in [1.165, 1.54) is 6.07 Å². The van der Waals surface area contributed by atoms with Gasteiger partial charge in [0.15, 0.2) is 0 Å². The monoisotopic (exact) mass is 285 g/mol. The molecular weight excluding hydrogens is 266 g/mol. The summed E-state index contributed by atoms with van der Waals surface area (Å²) in [6, 6.07) is 10.8. The van der Waals surface area contributed by atoms with Gasteiger partial charge in [-0.15, -0.1) is 0 Å². The van der Waals surface area contributed by atoms with Crippen molar-refractivity contribution in [1.82, 2.24) is 9.88 Å². The fourth-order valence-corrected chi connectivity index (χ4v) is 2.06. The van der Waals surface area contributed by atoms with E-state index in [1.54, 1.807) is 19.1 Å². The molecule has 5 heteroatoms. The quantitative estimate of drug-likeness (QED) is 0.903. The summed E-state index contributed by atoms with van der Waals surface area (Å²) in [6.07, 6.45) is 0. The molecule has 5 nitrogen and oxygen atoms in total. The van der Waals surface area contributed by atoms with Crippen molar-refractivity contribution in [3.63, 3.8) is 0 Å². The molecule has 0 atom stereocenters. The lowest BCUT2D eigenvalue weighted by atomic mass is 10.2. The molecule has 0 aliphatic carbocycles. The molecule has 1 aromatic carbocycles. The Bertz CT molecular complexity index is 705. The number of aromatic amines is 1. The van der Waals surface area contributed by atoms with E-state index < -0.39 is 5.91 Å². The molecule has 21 heavy (non-hydrogen) atoms. The van der Waals surface area contributed by atoms with Crippen LogP contribution < -0.4 is 10.9 Å². The highest BCUT2D eigenvalue weighted by atomic mass is 16.2. The van der Waals surface area contributed by atoms with E-state index in [-0.39, 0.29) is 11.1 Å². The Morgan fingerprint density at radius 2 is 2.00 bits per heavy atom. The van der Waals surface area contributed by atoms with Crippen LogP contribution in [0.2, 0.25) is 0 Å². The van der Waals surface area contributed by atoms with Gasteiger partial charge < -0.3 is 15.2 Å². The van der Waals surface area contributed by atoms with Crippen molar-refractivity contribution in [2.75, 3.05) is 19.4 Å². The fraction of sp³-hybridized carbons (Fsp3) is 0.250. The summed E-state index contributed by atoms with van der Waals surface area (Å²) in [7, 11) is 3.97. The Balaban J connectivity index is 2.17. The van der Waals surface area contributed by atoms with Crippen LogP contribution in [-0.2, 0) is 6.54 Å². The molecule has 0 fully saturated rings. The number of carbonyl (C=O) groups is 1. The van der Waals surface area contributed by atoms with Gasteiger partial charge in [0.25, 0.3) is 11.5 Å². The third kappa shape index (κ3) is 4.03. The second kappa shape index (κ2) is 6.37. The van der Waals surface area contributed by atoms with E-state index in [0.29, 0.717) is 5.69 Å². The topological polar surface area (TPSA) is 65.2 Å². The number of amides is 1. The van der Waals surface area contributed by atoms with Crippen molar-refractivity contribution in [3.05, 3.63) is 63.6 Å². The minimum absolute atomic E-state index is 0.110. The van der Waals surface area contributed by atoms with E-state index in [1.807, 2.05) is 37.2 Å². The number of aromatic nitrogens is 1. The van der Waals surface area contributed by atoms with Crippen LogP contribution in [0, 0.1) is 6.92 Å². The van der Waals surface area contributed by atoms with Gasteiger partial charge in [-0.3, -0.25) is 9.59 Å². The van der Waals surface area contributed by atoms with Gasteiger partial charge in [0.1, 0.15) is 5.56 Å². The van der Waals surface area contributed by atoms with Gasteiger partial charge >= 0.3 is 0 Å². The minimum atomic E-state index is -0.404. The molecule has 0 radical (unpaired) electrons. The van der Waals surface area contributed by atoms with Crippen molar-refractivity contribution in [1.29, 1.82) is 0 Å². The van der Waals surface area contributed by atoms with Crippen LogP contribution in [0.3, 0.4) is 0 Å². The summed E-state index contributed by atoms with van der Waals surface area (Å²) < 4.78 is 0. The number of hydrogen-bond donors (Lipinski definition) is 2. The van der Waals surface area contributed by atoms with Crippen LogP contribution in [0.5, 0.6) is 0 Å². The smallest absolute Gasteiger partial charge is 0.261 e. The number of nitrogens with zero attached hydrogens (tertiary/aromatic N) is 1. The lowest BCUT2D eigenvalue weighted by molar-refractivity contribution is 0.102. The SMILES string of the molecule is Cc1ccc(C(=O)Nc2cccc(CN(C)C)c2)c(=O)[nH]1. The third-order valence-electron chi connectivity index (χ3n) is 2.98. The van der Waals surface area contributed by atoms with E-state index in [2.05, 4.69) is 10.3 Å². The first-order valence-electron chi connectivity index (χ1n) is 6.70. The largest absolute Gasteiger partial charge is 0.326 e. The molecule has 0 saturated heterocycles. The molecule has 110 valence electrons. The first kappa shape index (κ1) is 15.0. The van der Waals surface area contributed by atoms with Crippen LogP contribution in [-0.4, -0.2) is 29.9 Å². The predicted molar refractivity (Wildman–Crippen MR) is 83.6 cm³/mol.